The number of carbonyl (C=O) groups excluding carboxylic acids is 1. The highest BCUT2D eigenvalue weighted by atomic mass is 16.2. The third-order valence-electron chi connectivity index (χ3n) is 5.24. The summed E-state index contributed by atoms with van der Waals surface area (Å²) < 4.78 is 0. The second-order valence-electron chi connectivity index (χ2n) is 7.36. The van der Waals surface area contributed by atoms with E-state index in [-0.39, 0.29) is 18.0 Å². The van der Waals surface area contributed by atoms with E-state index in [2.05, 4.69) is 54.1 Å². The van der Waals surface area contributed by atoms with Crippen LogP contribution < -0.4 is 16.0 Å². The molecule has 0 saturated heterocycles. The molecule has 3 N–H and O–H groups in total. The van der Waals surface area contributed by atoms with Gasteiger partial charge >= 0.3 is 0 Å². The molecule has 0 bridgehead atoms. The highest BCUT2D eigenvalue weighted by Gasteiger charge is 2.22. The van der Waals surface area contributed by atoms with Crippen LogP contribution in [0.15, 0.2) is 60.7 Å². The fourth-order valence-electron chi connectivity index (χ4n) is 3.27. The van der Waals surface area contributed by atoms with Crippen LogP contribution in [-0.2, 0) is 4.79 Å². The summed E-state index contributed by atoms with van der Waals surface area (Å²) in [6.07, 6.45) is 4.07. The predicted molar refractivity (Wildman–Crippen MR) is 117 cm³/mol. The summed E-state index contributed by atoms with van der Waals surface area (Å²) >= 11 is 0. The van der Waals surface area contributed by atoms with Gasteiger partial charge in [-0.3, -0.25) is 4.79 Å². The first-order chi connectivity index (χ1) is 13.7. The Balaban J connectivity index is 1.95. The maximum Gasteiger partial charge on any atom is 0.237 e. The largest absolute Gasteiger partial charge is 0.344 e. The summed E-state index contributed by atoms with van der Waals surface area (Å²) in [6.45, 7) is 5.40. The number of unbranched alkanes of at least 4 members (excludes halogenated alkanes) is 1. The van der Waals surface area contributed by atoms with E-state index in [0.29, 0.717) is 6.04 Å². The molecule has 28 heavy (non-hydrogen) atoms. The number of likely N-dealkylation sites (N-methyl/N-ethyl adjacent to an activating group) is 1. The first-order valence-electron chi connectivity index (χ1n) is 10.5. The van der Waals surface area contributed by atoms with Gasteiger partial charge in [0.2, 0.25) is 5.91 Å². The van der Waals surface area contributed by atoms with E-state index < -0.39 is 0 Å². The zero-order valence-electron chi connectivity index (χ0n) is 17.4. The standard InChI is InChI=1S/C24H35N3O/c1-4-19(2)26-18-12-11-17-22(25-3)24(28)27-23(20-13-7-5-8-14-20)21-15-9-6-10-16-21/h5-10,13-16,19,22-23,25-26H,4,11-12,17-18H2,1-3H3,(H,27,28). The van der Waals surface area contributed by atoms with E-state index in [0.717, 1.165) is 43.4 Å². The molecule has 2 aromatic carbocycles. The van der Waals surface area contributed by atoms with Crippen molar-refractivity contribution in [3.8, 4) is 0 Å². The molecule has 0 aromatic heterocycles. The van der Waals surface area contributed by atoms with Crippen molar-refractivity contribution in [2.24, 2.45) is 0 Å². The van der Waals surface area contributed by atoms with Gasteiger partial charge < -0.3 is 16.0 Å². The highest BCUT2D eigenvalue weighted by molar-refractivity contribution is 5.82. The Morgan fingerprint density at radius 2 is 1.50 bits per heavy atom. The number of hydrogen-bond acceptors (Lipinski definition) is 3. The maximum atomic E-state index is 13.0. The molecule has 0 aliphatic carbocycles. The molecule has 0 aliphatic heterocycles. The molecule has 2 atom stereocenters. The summed E-state index contributed by atoms with van der Waals surface area (Å²) in [5.74, 6) is 0.0510. The summed E-state index contributed by atoms with van der Waals surface area (Å²) in [7, 11) is 1.86. The van der Waals surface area contributed by atoms with Crippen molar-refractivity contribution in [2.75, 3.05) is 13.6 Å². The Hall–Kier alpha value is -2.17. The van der Waals surface area contributed by atoms with Gasteiger partial charge in [-0.2, -0.15) is 0 Å². The molecule has 0 aliphatic rings. The molecule has 0 radical (unpaired) electrons. The summed E-state index contributed by atoms with van der Waals surface area (Å²) in [5.41, 5.74) is 2.18. The van der Waals surface area contributed by atoms with Crippen molar-refractivity contribution in [1.29, 1.82) is 0 Å². The number of benzene rings is 2. The summed E-state index contributed by atoms with van der Waals surface area (Å²) in [5, 5.41) is 9.95. The van der Waals surface area contributed by atoms with E-state index in [1.165, 1.54) is 0 Å². The van der Waals surface area contributed by atoms with Crippen LogP contribution >= 0.6 is 0 Å². The lowest BCUT2D eigenvalue weighted by molar-refractivity contribution is -0.123. The van der Waals surface area contributed by atoms with Crippen LogP contribution in [0.1, 0.15) is 56.7 Å². The fourth-order valence-corrected chi connectivity index (χ4v) is 3.27. The van der Waals surface area contributed by atoms with Gasteiger partial charge in [0.15, 0.2) is 0 Å². The van der Waals surface area contributed by atoms with Gasteiger partial charge in [-0.1, -0.05) is 74.0 Å². The molecule has 152 valence electrons. The lowest BCUT2D eigenvalue weighted by atomic mass is 9.98. The zero-order chi connectivity index (χ0) is 20.2. The lowest BCUT2D eigenvalue weighted by Gasteiger charge is -2.23. The van der Waals surface area contributed by atoms with Crippen LogP contribution in [0.3, 0.4) is 0 Å². The number of rotatable bonds is 12. The zero-order valence-corrected chi connectivity index (χ0v) is 17.4. The molecule has 2 unspecified atom stereocenters. The van der Waals surface area contributed by atoms with Crippen LogP contribution in [0.5, 0.6) is 0 Å². The normalized spacial score (nSPS) is 13.3. The van der Waals surface area contributed by atoms with Crippen LogP contribution in [0.25, 0.3) is 0 Å². The molecule has 2 aromatic rings. The van der Waals surface area contributed by atoms with Gasteiger partial charge in [0.05, 0.1) is 12.1 Å². The Labute approximate surface area is 170 Å². The molecule has 0 spiro atoms. The van der Waals surface area contributed by atoms with Crippen LogP contribution in [0.2, 0.25) is 0 Å². The monoisotopic (exact) mass is 381 g/mol. The quantitative estimate of drug-likeness (QED) is 0.486. The minimum Gasteiger partial charge on any atom is -0.344 e. The van der Waals surface area contributed by atoms with Crippen molar-refractivity contribution in [2.45, 2.75) is 57.7 Å². The molecular formula is C24H35N3O. The minimum atomic E-state index is -0.182. The summed E-state index contributed by atoms with van der Waals surface area (Å²) in [6, 6.07) is 20.5. The Bertz CT molecular complexity index is 635. The number of hydrogen-bond donors (Lipinski definition) is 3. The fraction of sp³-hybridized carbons (Fsp3) is 0.458. The van der Waals surface area contributed by atoms with Crippen molar-refractivity contribution >= 4 is 5.91 Å². The predicted octanol–water partition coefficient (Wildman–Crippen LogP) is 4.04. The van der Waals surface area contributed by atoms with E-state index >= 15 is 0 Å². The third-order valence-corrected chi connectivity index (χ3v) is 5.24. The van der Waals surface area contributed by atoms with Crippen LogP contribution in [0, 0.1) is 0 Å². The topological polar surface area (TPSA) is 53.2 Å². The first-order valence-corrected chi connectivity index (χ1v) is 10.5. The van der Waals surface area contributed by atoms with Gasteiger partial charge in [0.1, 0.15) is 0 Å². The lowest BCUT2D eigenvalue weighted by Crippen LogP contribution is -2.44. The number of carbonyl (C=O) groups is 1. The van der Waals surface area contributed by atoms with E-state index in [9.17, 15) is 4.79 Å². The van der Waals surface area contributed by atoms with Crippen molar-refractivity contribution in [1.82, 2.24) is 16.0 Å². The Morgan fingerprint density at radius 3 is 2.00 bits per heavy atom. The minimum absolute atomic E-state index is 0.0510. The van der Waals surface area contributed by atoms with Gasteiger partial charge in [-0.15, -0.1) is 0 Å². The molecule has 1 amide bonds. The smallest absolute Gasteiger partial charge is 0.237 e. The molecular weight excluding hydrogens is 346 g/mol. The van der Waals surface area contributed by atoms with Gasteiger partial charge in [0, 0.05) is 6.04 Å². The molecule has 0 fully saturated rings. The third kappa shape index (κ3) is 7.10. The summed E-state index contributed by atoms with van der Waals surface area (Å²) in [4.78, 5) is 13.0. The second-order valence-corrected chi connectivity index (χ2v) is 7.36. The van der Waals surface area contributed by atoms with Crippen LogP contribution in [0.4, 0.5) is 0 Å². The number of amides is 1. The SMILES string of the molecule is CCC(C)NCCCCC(NC)C(=O)NC(c1ccccc1)c1ccccc1. The van der Waals surface area contributed by atoms with E-state index in [1.807, 2.05) is 43.4 Å². The Morgan fingerprint density at radius 1 is 0.929 bits per heavy atom. The average Bonchev–Trinajstić information content (AvgIpc) is 2.75. The molecule has 0 heterocycles. The average molecular weight is 382 g/mol. The molecule has 4 heteroatoms. The van der Waals surface area contributed by atoms with Gasteiger partial charge in [-0.05, 0) is 50.9 Å². The van der Waals surface area contributed by atoms with E-state index in [4.69, 9.17) is 0 Å². The number of nitrogens with one attached hydrogen (secondary N) is 3. The van der Waals surface area contributed by atoms with Crippen molar-refractivity contribution < 1.29 is 4.79 Å². The van der Waals surface area contributed by atoms with E-state index in [1.54, 1.807) is 0 Å². The van der Waals surface area contributed by atoms with Crippen molar-refractivity contribution in [3.05, 3.63) is 71.8 Å². The Kier molecular flexibility index (Phi) is 9.73. The van der Waals surface area contributed by atoms with Gasteiger partial charge in [-0.25, -0.2) is 0 Å². The molecule has 4 nitrogen and oxygen atoms in total. The maximum absolute atomic E-state index is 13.0. The van der Waals surface area contributed by atoms with Gasteiger partial charge in [0.25, 0.3) is 0 Å². The molecule has 0 saturated carbocycles. The first kappa shape index (κ1) is 22.1. The van der Waals surface area contributed by atoms with Crippen molar-refractivity contribution in [3.63, 3.8) is 0 Å². The van der Waals surface area contributed by atoms with Crippen LogP contribution in [-0.4, -0.2) is 31.6 Å². The second kappa shape index (κ2) is 12.3. The molecule has 2 rings (SSSR count). The highest BCUT2D eigenvalue weighted by Crippen LogP contribution is 2.22.